The second-order valence-electron chi connectivity index (χ2n) is 4.61. The maximum atomic E-state index is 12.0. The average Bonchev–Trinajstić information content (AvgIpc) is 2.49. The molecule has 0 saturated carbocycles. The fourth-order valence-electron chi connectivity index (χ4n) is 2.02. The van der Waals surface area contributed by atoms with E-state index < -0.39 is 11.1 Å². The second kappa shape index (κ2) is 6.70. The smallest absolute Gasteiger partial charge is 0.309 e. The SMILES string of the molecule is C=CCCn1ccn(CCc2ccccc2)c(=O)c1=O. The third kappa shape index (κ3) is 3.35. The van der Waals surface area contributed by atoms with Crippen LogP contribution >= 0.6 is 0 Å². The van der Waals surface area contributed by atoms with Crippen LogP contribution < -0.4 is 11.1 Å². The zero-order valence-corrected chi connectivity index (χ0v) is 11.4. The zero-order valence-electron chi connectivity index (χ0n) is 11.4. The van der Waals surface area contributed by atoms with Gasteiger partial charge in [0.05, 0.1) is 0 Å². The fourth-order valence-corrected chi connectivity index (χ4v) is 2.02. The van der Waals surface area contributed by atoms with E-state index in [0.29, 0.717) is 19.5 Å². The molecule has 0 N–H and O–H groups in total. The lowest BCUT2D eigenvalue weighted by Crippen LogP contribution is -2.40. The highest BCUT2D eigenvalue weighted by Crippen LogP contribution is 2.00. The van der Waals surface area contributed by atoms with Crippen molar-refractivity contribution in [3.63, 3.8) is 0 Å². The van der Waals surface area contributed by atoms with Gasteiger partial charge in [0.25, 0.3) is 0 Å². The summed E-state index contributed by atoms with van der Waals surface area (Å²) in [6, 6.07) is 9.90. The van der Waals surface area contributed by atoms with E-state index >= 15 is 0 Å². The van der Waals surface area contributed by atoms with Gasteiger partial charge in [0.2, 0.25) is 0 Å². The van der Waals surface area contributed by atoms with E-state index in [4.69, 9.17) is 0 Å². The van der Waals surface area contributed by atoms with Gasteiger partial charge in [0, 0.05) is 25.5 Å². The molecule has 20 heavy (non-hydrogen) atoms. The van der Waals surface area contributed by atoms with Gasteiger partial charge in [-0.25, -0.2) is 0 Å². The Balaban J connectivity index is 2.14. The molecule has 0 aliphatic heterocycles. The van der Waals surface area contributed by atoms with Crippen molar-refractivity contribution in [3.05, 3.63) is 81.7 Å². The number of nitrogens with zero attached hydrogens (tertiary/aromatic N) is 2. The molecular weight excluding hydrogens is 252 g/mol. The van der Waals surface area contributed by atoms with E-state index in [9.17, 15) is 9.59 Å². The molecule has 104 valence electrons. The Morgan fingerprint density at radius 2 is 1.55 bits per heavy atom. The number of benzene rings is 1. The Morgan fingerprint density at radius 3 is 2.15 bits per heavy atom. The molecule has 2 aromatic rings. The Bertz CT molecular complexity index is 684. The van der Waals surface area contributed by atoms with Crippen LogP contribution in [0, 0.1) is 0 Å². The van der Waals surface area contributed by atoms with Crippen LogP contribution in [0.5, 0.6) is 0 Å². The van der Waals surface area contributed by atoms with E-state index in [1.807, 2.05) is 30.3 Å². The molecule has 4 nitrogen and oxygen atoms in total. The van der Waals surface area contributed by atoms with Gasteiger partial charge in [0.1, 0.15) is 0 Å². The Hall–Kier alpha value is -2.36. The molecule has 1 aromatic heterocycles. The second-order valence-corrected chi connectivity index (χ2v) is 4.61. The van der Waals surface area contributed by atoms with Crippen molar-refractivity contribution in [1.82, 2.24) is 9.13 Å². The molecule has 0 saturated heterocycles. The van der Waals surface area contributed by atoms with Crippen LogP contribution in [0.2, 0.25) is 0 Å². The van der Waals surface area contributed by atoms with Gasteiger partial charge in [-0.15, -0.1) is 6.58 Å². The first-order valence-corrected chi connectivity index (χ1v) is 6.67. The van der Waals surface area contributed by atoms with Gasteiger partial charge in [-0.05, 0) is 18.4 Å². The molecular formula is C16H18N2O2. The molecule has 0 unspecified atom stereocenters. The summed E-state index contributed by atoms with van der Waals surface area (Å²) in [4.78, 5) is 23.9. The molecule has 0 amide bonds. The van der Waals surface area contributed by atoms with Crippen LogP contribution in [0.4, 0.5) is 0 Å². The average molecular weight is 270 g/mol. The topological polar surface area (TPSA) is 44.0 Å². The largest absolute Gasteiger partial charge is 0.316 e. The molecule has 0 fully saturated rings. The summed E-state index contributed by atoms with van der Waals surface area (Å²) < 4.78 is 2.91. The highest BCUT2D eigenvalue weighted by Gasteiger charge is 2.04. The van der Waals surface area contributed by atoms with E-state index in [2.05, 4.69) is 6.58 Å². The van der Waals surface area contributed by atoms with E-state index in [1.165, 1.54) is 9.13 Å². The molecule has 0 aliphatic rings. The quantitative estimate of drug-likeness (QED) is 0.594. The molecule has 0 radical (unpaired) electrons. The lowest BCUT2D eigenvalue weighted by Gasteiger charge is -2.08. The van der Waals surface area contributed by atoms with Crippen LogP contribution in [0.1, 0.15) is 12.0 Å². The summed E-state index contributed by atoms with van der Waals surface area (Å²) in [5.41, 5.74) is 0.213. The van der Waals surface area contributed by atoms with Gasteiger partial charge in [0.15, 0.2) is 0 Å². The number of allylic oxidation sites excluding steroid dienone is 1. The minimum Gasteiger partial charge on any atom is -0.309 e. The first-order valence-electron chi connectivity index (χ1n) is 6.67. The summed E-state index contributed by atoms with van der Waals surface area (Å²) in [7, 11) is 0. The number of aryl methyl sites for hydroxylation is 3. The standard InChI is InChI=1S/C16H18N2O2/c1-2-3-10-17-12-13-18(16(20)15(17)19)11-9-14-7-5-4-6-8-14/h2,4-8,12-13H,1,3,9-11H2. The van der Waals surface area contributed by atoms with Crippen LogP contribution in [0.3, 0.4) is 0 Å². The van der Waals surface area contributed by atoms with Crippen molar-refractivity contribution in [2.75, 3.05) is 0 Å². The van der Waals surface area contributed by atoms with E-state index in [1.54, 1.807) is 18.5 Å². The molecule has 1 aromatic carbocycles. The van der Waals surface area contributed by atoms with Gasteiger partial charge in [-0.1, -0.05) is 36.4 Å². The Kier molecular flexibility index (Phi) is 4.71. The summed E-state index contributed by atoms with van der Waals surface area (Å²) in [6.45, 7) is 4.62. The van der Waals surface area contributed by atoms with Gasteiger partial charge in [-0.3, -0.25) is 9.59 Å². The van der Waals surface area contributed by atoms with Crippen molar-refractivity contribution in [2.45, 2.75) is 25.9 Å². The highest BCUT2D eigenvalue weighted by molar-refractivity contribution is 5.14. The number of hydrogen-bond donors (Lipinski definition) is 0. The maximum Gasteiger partial charge on any atom is 0.316 e. The number of aromatic nitrogens is 2. The third-order valence-electron chi connectivity index (χ3n) is 3.19. The molecule has 1 heterocycles. The molecule has 4 heteroatoms. The predicted octanol–water partition coefficient (Wildman–Crippen LogP) is 1.83. The molecule has 0 spiro atoms. The monoisotopic (exact) mass is 270 g/mol. The minimum absolute atomic E-state index is 0.465. The molecule has 2 rings (SSSR count). The molecule has 0 aliphatic carbocycles. The van der Waals surface area contributed by atoms with E-state index in [-0.39, 0.29) is 0 Å². The normalized spacial score (nSPS) is 10.4. The van der Waals surface area contributed by atoms with Gasteiger partial charge < -0.3 is 9.13 Å². The lowest BCUT2D eigenvalue weighted by atomic mass is 10.1. The first-order chi connectivity index (χ1) is 9.72. The van der Waals surface area contributed by atoms with Crippen molar-refractivity contribution < 1.29 is 0 Å². The minimum atomic E-state index is -0.470. The summed E-state index contributed by atoms with van der Waals surface area (Å²) in [5.74, 6) is 0. The first kappa shape index (κ1) is 14.1. The lowest BCUT2D eigenvalue weighted by molar-refractivity contribution is 0.601. The van der Waals surface area contributed by atoms with Gasteiger partial charge >= 0.3 is 11.1 Å². The predicted molar refractivity (Wildman–Crippen MR) is 79.9 cm³/mol. The summed E-state index contributed by atoms with van der Waals surface area (Å²) in [6.07, 6.45) is 6.48. The summed E-state index contributed by atoms with van der Waals surface area (Å²) >= 11 is 0. The highest BCUT2D eigenvalue weighted by atomic mass is 16.2. The molecule has 0 atom stereocenters. The van der Waals surface area contributed by atoms with Crippen LogP contribution in [0.15, 0.2) is 65.0 Å². The Morgan fingerprint density at radius 1 is 0.950 bits per heavy atom. The molecule has 0 bridgehead atoms. The van der Waals surface area contributed by atoms with Crippen molar-refractivity contribution in [1.29, 1.82) is 0 Å². The van der Waals surface area contributed by atoms with Crippen molar-refractivity contribution in [2.24, 2.45) is 0 Å². The van der Waals surface area contributed by atoms with Crippen LogP contribution in [0.25, 0.3) is 0 Å². The van der Waals surface area contributed by atoms with E-state index in [0.717, 1.165) is 12.0 Å². The Labute approximate surface area is 117 Å². The maximum absolute atomic E-state index is 12.0. The number of hydrogen-bond acceptors (Lipinski definition) is 2. The van der Waals surface area contributed by atoms with Crippen molar-refractivity contribution >= 4 is 0 Å². The van der Waals surface area contributed by atoms with Crippen molar-refractivity contribution in [3.8, 4) is 0 Å². The summed E-state index contributed by atoms with van der Waals surface area (Å²) in [5, 5.41) is 0. The van der Waals surface area contributed by atoms with Gasteiger partial charge in [-0.2, -0.15) is 0 Å². The fraction of sp³-hybridized carbons (Fsp3) is 0.250. The zero-order chi connectivity index (χ0) is 14.4. The number of rotatable bonds is 6. The van der Waals surface area contributed by atoms with Crippen LogP contribution in [-0.2, 0) is 19.5 Å². The third-order valence-corrected chi connectivity index (χ3v) is 3.19. The van der Waals surface area contributed by atoms with Crippen LogP contribution in [-0.4, -0.2) is 9.13 Å².